The van der Waals surface area contributed by atoms with Crippen LogP contribution in [0, 0.1) is 0 Å². The van der Waals surface area contributed by atoms with E-state index in [1.54, 1.807) is 0 Å². The minimum atomic E-state index is -1.71. The van der Waals surface area contributed by atoms with Gasteiger partial charge in [-0.05, 0) is 25.7 Å². The van der Waals surface area contributed by atoms with Gasteiger partial charge >= 0.3 is 41.2 Å². The maximum absolute atomic E-state index is 4.44. The van der Waals surface area contributed by atoms with Gasteiger partial charge in [0.15, 0.2) is 0 Å². The Morgan fingerprint density at radius 2 is 0.773 bits per heavy atom. The van der Waals surface area contributed by atoms with Gasteiger partial charge < -0.3 is 18.0 Å². The Balaban J connectivity index is -0.000000640. The summed E-state index contributed by atoms with van der Waals surface area (Å²) in [5, 5.41) is 0. The molecular formula is C16H37NReS4. The van der Waals surface area contributed by atoms with Crippen molar-refractivity contribution in [1.82, 2.24) is 0 Å². The third kappa shape index (κ3) is 19.7. The van der Waals surface area contributed by atoms with Crippen LogP contribution in [0.4, 0.5) is 0 Å². The van der Waals surface area contributed by atoms with Crippen LogP contribution in [0.15, 0.2) is 0 Å². The van der Waals surface area contributed by atoms with Crippen LogP contribution >= 0.6 is 29.8 Å². The first kappa shape index (κ1) is 28.4. The van der Waals surface area contributed by atoms with E-state index in [1.807, 2.05) is 0 Å². The van der Waals surface area contributed by atoms with E-state index in [1.165, 1.54) is 82.0 Å². The van der Waals surface area contributed by atoms with Gasteiger partial charge in [0.1, 0.15) is 0 Å². The van der Waals surface area contributed by atoms with Gasteiger partial charge in [0.25, 0.3) is 0 Å². The summed E-state index contributed by atoms with van der Waals surface area (Å²) >= 11 is -1.71. The summed E-state index contributed by atoms with van der Waals surface area (Å²) in [6.45, 7) is 15.0. The third-order valence-electron chi connectivity index (χ3n) is 3.94. The van der Waals surface area contributed by atoms with E-state index in [0.29, 0.717) is 0 Å². The second-order valence-electron chi connectivity index (χ2n) is 5.84. The molecular weight excluding hydrogens is 521 g/mol. The predicted molar refractivity (Wildman–Crippen MR) is 111 cm³/mol. The Morgan fingerprint density at radius 1 is 0.591 bits per heavy atom. The molecule has 0 unspecified atom stereocenters. The Hall–Kier alpha value is 1.63. The summed E-state index contributed by atoms with van der Waals surface area (Å²) in [6, 6.07) is 0. The molecule has 0 amide bonds. The van der Waals surface area contributed by atoms with Gasteiger partial charge in [0.2, 0.25) is 0 Å². The van der Waals surface area contributed by atoms with Gasteiger partial charge in [-0.25, -0.2) is 0 Å². The number of nitrogens with zero attached hydrogens (tertiary/aromatic N) is 1. The zero-order valence-electron chi connectivity index (χ0n) is 15.0. The molecule has 0 rings (SSSR count). The predicted octanol–water partition coefficient (Wildman–Crippen LogP) is 6.68. The van der Waals surface area contributed by atoms with Crippen molar-refractivity contribution in [1.29, 1.82) is 0 Å². The second-order valence-corrected chi connectivity index (χ2v) is 19.6. The number of hydrogen-bond donors (Lipinski definition) is 0. The minimum absolute atomic E-state index is 0. The molecule has 1 nitrogen and oxygen atoms in total. The van der Waals surface area contributed by atoms with Crippen LogP contribution in [-0.2, 0) is 24.9 Å². The molecule has 0 aliphatic rings. The van der Waals surface area contributed by atoms with Gasteiger partial charge in [-0.1, -0.05) is 53.4 Å². The number of thiol groups is 1. The van der Waals surface area contributed by atoms with Crippen molar-refractivity contribution in [2.75, 3.05) is 26.2 Å². The topological polar surface area (TPSA) is 0 Å². The molecule has 0 fully saturated rings. The summed E-state index contributed by atoms with van der Waals surface area (Å²) < 4.78 is 1.42. The van der Waals surface area contributed by atoms with Crippen LogP contribution < -0.4 is 0 Å². The molecule has 0 aromatic heterocycles. The molecule has 0 aromatic rings. The zero-order valence-corrected chi connectivity index (χ0v) is 21.0. The number of rotatable bonds is 12. The standard InChI is InChI=1S/C16H36N.Re.H2S.3S/c1-5-9-13-17(14-10-6-2,15-11-7-3)16-12-8-4;;;;;/h5-16H2,1-4H3;;1H2;;;/q+1;;;;;/p-1. The summed E-state index contributed by atoms with van der Waals surface area (Å²) in [5.74, 6) is 0. The van der Waals surface area contributed by atoms with Crippen molar-refractivity contribution in [2.24, 2.45) is 0 Å². The van der Waals surface area contributed by atoms with Crippen LogP contribution in [0.2, 0.25) is 0 Å². The molecule has 137 valence electrons. The van der Waals surface area contributed by atoms with Crippen molar-refractivity contribution in [3.05, 3.63) is 0 Å². The number of unbranched alkanes of at least 4 members (excludes halogenated alkanes) is 4. The molecule has 0 aliphatic carbocycles. The summed E-state index contributed by atoms with van der Waals surface area (Å²) in [4.78, 5) is 0. The van der Waals surface area contributed by atoms with Gasteiger partial charge in [0.05, 0.1) is 26.2 Å². The SMILES string of the molecule is CCCC[N+](CCCC)(CCCC)CCCC.[SH-].[S]=[Re](=[S])=[S]. The van der Waals surface area contributed by atoms with Crippen molar-refractivity contribution in [2.45, 2.75) is 79.1 Å². The first-order chi connectivity index (χ1) is 9.97. The Morgan fingerprint density at radius 3 is 0.909 bits per heavy atom. The fourth-order valence-corrected chi connectivity index (χ4v) is 2.64. The summed E-state index contributed by atoms with van der Waals surface area (Å²) in [7, 11) is 13.3. The third-order valence-corrected chi connectivity index (χ3v) is 3.94. The molecule has 22 heavy (non-hydrogen) atoms. The molecule has 0 saturated heterocycles. The molecule has 0 aromatic carbocycles. The van der Waals surface area contributed by atoms with E-state index >= 15 is 0 Å². The van der Waals surface area contributed by atoms with E-state index in [-0.39, 0.29) is 13.5 Å². The molecule has 0 aliphatic heterocycles. The van der Waals surface area contributed by atoms with E-state index < -0.39 is 11.4 Å². The summed E-state index contributed by atoms with van der Waals surface area (Å²) in [6.07, 6.45) is 11.1. The van der Waals surface area contributed by atoms with Crippen LogP contribution in [0.25, 0.3) is 0 Å². The quantitative estimate of drug-likeness (QED) is 0.149. The second kappa shape index (κ2) is 20.7. The number of quaternary nitrogens is 1. The van der Waals surface area contributed by atoms with Gasteiger partial charge in [-0.3, -0.25) is 0 Å². The van der Waals surface area contributed by atoms with E-state index in [0.717, 1.165) is 0 Å². The van der Waals surface area contributed by atoms with Gasteiger partial charge in [-0.2, -0.15) is 0 Å². The number of hydrogen-bond acceptors (Lipinski definition) is 4. The Labute approximate surface area is 163 Å². The average molecular weight is 558 g/mol. The van der Waals surface area contributed by atoms with Crippen LogP contribution in [0.5, 0.6) is 0 Å². The molecule has 0 bridgehead atoms. The Bertz CT molecular complexity index is 272. The average Bonchev–Trinajstić information content (AvgIpc) is 2.45. The van der Waals surface area contributed by atoms with E-state index in [9.17, 15) is 0 Å². The van der Waals surface area contributed by atoms with Crippen molar-refractivity contribution >= 4 is 43.3 Å². The fourth-order valence-electron chi connectivity index (χ4n) is 2.64. The molecule has 0 N–H and O–H groups in total. The molecule has 0 saturated carbocycles. The summed E-state index contributed by atoms with van der Waals surface area (Å²) in [5.41, 5.74) is 0. The van der Waals surface area contributed by atoms with Crippen LogP contribution in [0.1, 0.15) is 79.1 Å². The first-order valence-electron chi connectivity index (χ1n) is 8.56. The maximum atomic E-state index is 4.44. The first-order valence-corrected chi connectivity index (χ1v) is 19.5. The van der Waals surface area contributed by atoms with Gasteiger partial charge in [0, 0.05) is 0 Å². The zero-order chi connectivity index (χ0) is 16.6. The molecule has 0 atom stereocenters. The van der Waals surface area contributed by atoms with Gasteiger partial charge in [-0.15, -0.1) is 0 Å². The van der Waals surface area contributed by atoms with Crippen molar-refractivity contribution < 1.29 is 15.9 Å². The van der Waals surface area contributed by atoms with E-state index in [2.05, 4.69) is 57.5 Å². The Kier molecular flexibility index (Phi) is 26.7. The molecule has 6 heteroatoms. The molecule has 0 heterocycles. The molecule has 0 spiro atoms. The monoisotopic (exact) mass is 558 g/mol. The molecule has 0 radical (unpaired) electrons. The van der Waals surface area contributed by atoms with Crippen molar-refractivity contribution in [3.63, 3.8) is 0 Å². The van der Waals surface area contributed by atoms with Crippen LogP contribution in [-0.4, -0.2) is 30.7 Å². The normalized spacial score (nSPS) is 10.4. The van der Waals surface area contributed by atoms with Crippen molar-refractivity contribution in [3.8, 4) is 0 Å². The van der Waals surface area contributed by atoms with Crippen LogP contribution in [0.3, 0.4) is 0 Å². The van der Waals surface area contributed by atoms with E-state index in [4.69, 9.17) is 0 Å². The fraction of sp³-hybridized carbons (Fsp3) is 1.00.